The maximum absolute atomic E-state index is 13.1. The quantitative estimate of drug-likeness (QED) is 0.362. The number of amides is 1. The van der Waals surface area contributed by atoms with E-state index in [2.05, 4.69) is 39.0 Å². The topological polar surface area (TPSA) is 133 Å². The second-order valence-electron chi connectivity index (χ2n) is 11.8. The van der Waals surface area contributed by atoms with Crippen LogP contribution in [0.4, 0.5) is 33.7 Å². The van der Waals surface area contributed by atoms with Gasteiger partial charge in [0.2, 0.25) is 11.9 Å². The molecular weight excluding hydrogens is 617 g/mol. The Kier molecular flexibility index (Phi) is 11.0. The molecule has 252 valence electrons. The van der Waals surface area contributed by atoms with Gasteiger partial charge in [0.25, 0.3) is 6.43 Å². The first-order valence-corrected chi connectivity index (χ1v) is 14.9. The molecule has 2 unspecified atom stereocenters. The number of aryl methyl sites for hydroxylation is 2. The number of nitrogens with one attached hydrogen (secondary N) is 1. The molecule has 3 aromatic heterocycles. The van der Waals surface area contributed by atoms with Crippen molar-refractivity contribution in [2.45, 2.75) is 46.3 Å². The van der Waals surface area contributed by atoms with Crippen LogP contribution >= 0.6 is 0 Å². The minimum Gasteiger partial charge on any atom is -0.475 e. The van der Waals surface area contributed by atoms with Gasteiger partial charge in [0.05, 0.1) is 24.5 Å². The summed E-state index contributed by atoms with van der Waals surface area (Å²) in [7, 11) is 1.83. The van der Waals surface area contributed by atoms with Crippen molar-refractivity contribution in [3.63, 3.8) is 0 Å². The molecule has 2 aliphatic heterocycles. The van der Waals surface area contributed by atoms with Crippen LogP contribution in [0.15, 0.2) is 18.3 Å². The summed E-state index contributed by atoms with van der Waals surface area (Å²) in [5, 5.41) is 14.9. The number of fused-ring (bicyclic) bond motifs is 1. The van der Waals surface area contributed by atoms with Crippen molar-refractivity contribution in [3.8, 4) is 0 Å². The Balaban J connectivity index is 0.000000617. The normalized spacial score (nSPS) is 19.3. The van der Waals surface area contributed by atoms with E-state index in [9.17, 15) is 26.7 Å². The predicted octanol–water partition coefficient (Wildman–Crippen LogP) is 3.88. The van der Waals surface area contributed by atoms with Gasteiger partial charge in [-0.25, -0.2) is 18.6 Å². The lowest BCUT2D eigenvalue weighted by Gasteiger charge is -2.38. The molecule has 2 atom stereocenters. The average molecular weight is 656 g/mol. The highest BCUT2D eigenvalue weighted by molar-refractivity contribution is 5.88. The SMILES string of the molecule is Cc1nn(C)c2c(NCc3cc(C(F)F)ccn3)nc(N3CCN(CC(=O)N4CC(C)CC(C)C4)CC3)nc12.O=C(O)C(F)(F)F. The minimum absolute atomic E-state index is 0.0626. The summed E-state index contributed by atoms with van der Waals surface area (Å²) >= 11 is 0. The van der Waals surface area contributed by atoms with Crippen LogP contribution < -0.4 is 10.2 Å². The van der Waals surface area contributed by atoms with Crippen LogP contribution in [-0.2, 0) is 23.2 Å². The fourth-order valence-electron chi connectivity index (χ4n) is 5.76. The highest BCUT2D eigenvalue weighted by Gasteiger charge is 2.38. The first kappa shape index (κ1) is 34.7. The van der Waals surface area contributed by atoms with Crippen LogP contribution in [0, 0.1) is 18.8 Å². The number of piperazine rings is 1. The Morgan fingerprint density at radius 2 is 1.72 bits per heavy atom. The number of carboxylic acid groups (broad SMARTS) is 1. The lowest BCUT2D eigenvalue weighted by atomic mass is 9.92. The Morgan fingerprint density at radius 3 is 2.30 bits per heavy atom. The Hall–Kier alpha value is -4.15. The van der Waals surface area contributed by atoms with E-state index in [0.29, 0.717) is 48.9 Å². The molecule has 12 nitrogen and oxygen atoms in total. The van der Waals surface area contributed by atoms with Gasteiger partial charge in [-0.05, 0) is 37.3 Å². The van der Waals surface area contributed by atoms with Crippen LogP contribution in [-0.4, -0.2) is 104 Å². The number of carbonyl (C=O) groups is 2. The Bertz CT molecular complexity index is 1520. The lowest BCUT2D eigenvalue weighted by molar-refractivity contribution is -0.192. The molecule has 1 amide bonds. The number of hydrogen-bond acceptors (Lipinski definition) is 9. The van der Waals surface area contributed by atoms with Crippen LogP contribution in [0.3, 0.4) is 0 Å². The van der Waals surface area contributed by atoms with Crippen LogP contribution in [0.1, 0.15) is 43.6 Å². The Labute approximate surface area is 262 Å². The van der Waals surface area contributed by atoms with E-state index in [1.807, 2.05) is 18.9 Å². The number of rotatable bonds is 7. The van der Waals surface area contributed by atoms with E-state index < -0.39 is 18.6 Å². The molecule has 5 rings (SSSR count). The second-order valence-corrected chi connectivity index (χ2v) is 11.8. The number of piperidine rings is 1. The third-order valence-electron chi connectivity index (χ3n) is 7.85. The number of carboxylic acids is 1. The van der Waals surface area contributed by atoms with E-state index in [0.717, 1.165) is 42.9 Å². The summed E-state index contributed by atoms with van der Waals surface area (Å²) in [6.07, 6.45) is -5.06. The van der Waals surface area contributed by atoms with E-state index in [4.69, 9.17) is 19.9 Å². The van der Waals surface area contributed by atoms with Gasteiger partial charge in [0.15, 0.2) is 5.82 Å². The van der Waals surface area contributed by atoms with Crippen molar-refractivity contribution in [2.75, 3.05) is 56.0 Å². The van der Waals surface area contributed by atoms with E-state index in [-0.39, 0.29) is 18.0 Å². The molecule has 2 aliphatic rings. The number of carbonyl (C=O) groups excluding carboxylic acids is 1. The third kappa shape index (κ3) is 8.76. The number of aliphatic carboxylic acids is 1. The zero-order chi connectivity index (χ0) is 33.8. The minimum atomic E-state index is -5.08. The standard InChI is InChI=1S/C27H37F2N9O.C2HF3O2/c1-17-11-18(2)15-38(14-17)22(39)16-36-7-9-37(10-8-36)27-32-23-19(3)34-35(4)24(23)26(33-27)31-13-21-12-20(25(28)29)5-6-30-21;3-2(4,5)1(6)7/h5-6,12,17-18,25H,7-11,13-16H2,1-4H3,(H,31,32,33);(H,6,7). The van der Waals surface area contributed by atoms with Gasteiger partial charge < -0.3 is 20.2 Å². The van der Waals surface area contributed by atoms with Gasteiger partial charge in [0, 0.05) is 58.1 Å². The fourth-order valence-corrected chi connectivity index (χ4v) is 5.76. The molecular formula is C29H38F5N9O3. The number of halogens is 5. The molecule has 3 aromatic rings. The van der Waals surface area contributed by atoms with Gasteiger partial charge in [-0.15, -0.1) is 0 Å². The number of likely N-dealkylation sites (tertiary alicyclic amines) is 1. The summed E-state index contributed by atoms with van der Waals surface area (Å²) < 4.78 is 59.8. The highest BCUT2D eigenvalue weighted by atomic mass is 19.4. The summed E-state index contributed by atoms with van der Waals surface area (Å²) in [5.74, 6) is -0.295. The number of pyridine rings is 1. The molecule has 5 heterocycles. The van der Waals surface area contributed by atoms with Crippen molar-refractivity contribution in [1.29, 1.82) is 0 Å². The van der Waals surface area contributed by atoms with Gasteiger partial charge in [-0.2, -0.15) is 23.3 Å². The monoisotopic (exact) mass is 655 g/mol. The van der Waals surface area contributed by atoms with Crippen molar-refractivity contribution in [2.24, 2.45) is 18.9 Å². The number of nitrogens with zero attached hydrogens (tertiary/aromatic N) is 8. The molecule has 0 bridgehead atoms. The van der Waals surface area contributed by atoms with E-state index >= 15 is 0 Å². The number of alkyl halides is 5. The molecule has 46 heavy (non-hydrogen) atoms. The van der Waals surface area contributed by atoms with Crippen LogP contribution in [0.2, 0.25) is 0 Å². The number of anilines is 2. The summed E-state index contributed by atoms with van der Waals surface area (Å²) in [6.45, 7) is 11.6. The van der Waals surface area contributed by atoms with Crippen molar-refractivity contribution >= 4 is 34.7 Å². The smallest absolute Gasteiger partial charge is 0.475 e. The molecule has 2 N–H and O–H groups in total. The molecule has 0 radical (unpaired) electrons. The van der Waals surface area contributed by atoms with Crippen molar-refractivity contribution in [1.82, 2.24) is 34.5 Å². The second kappa shape index (κ2) is 14.5. The molecule has 2 fully saturated rings. The molecule has 0 aliphatic carbocycles. The maximum atomic E-state index is 13.1. The Morgan fingerprint density at radius 1 is 1.09 bits per heavy atom. The van der Waals surface area contributed by atoms with Gasteiger partial charge in [0.1, 0.15) is 11.0 Å². The van der Waals surface area contributed by atoms with E-state index in [1.54, 1.807) is 4.68 Å². The predicted molar refractivity (Wildman–Crippen MR) is 159 cm³/mol. The molecule has 0 spiro atoms. The number of hydrogen-bond donors (Lipinski definition) is 2. The first-order valence-electron chi connectivity index (χ1n) is 14.9. The van der Waals surface area contributed by atoms with Crippen molar-refractivity contribution < 1.29 is 36.6 Å². The van der Waals surface area contributed by atoms with Gasteiger partial charge in [-0.1, -0.05) is 13.8 Å². The first-order chi connectivity index (χ1) is 21.6. The number of aromatic nitrogens is 5. The van der Waals surface area contributed by atoms with Gasteiger partial charge >= 0.3 is 12.1 Å². The summed E-state index contributed by atoms with van der Waals surface area (Å²) in [5.41, 5.74) is 2.70. The average Bonchev–Trinajstić information content (AvgIpc) is 3.28. The molecule has 0 aromatic carbocycles. The van der Waals surface area contributed by atoms with Crippen LogP contribution in [0.25, 0.3) is 11.0 Å². The summed E-state index contributed by atoms with van der Waals surface area (Å²) in [6, 6.07) is 2.72. The molecule has 17 heteroatoms. The van der Waals surface area contributed by atoms with Crippen LogP contribution in [0.5, 0.6) is 0 Å². The molecule has 2 saturated heterocycles. The largest absolute Gasteiger partial charge is 0.490 e. The zero-order valence-corrected chi connectivity index (χ0v) is 26.1. The maximum Gasteiger partial charge on any atom is 0.490 e. The van der Waals surface area contributed by atoms with Gasteiger partial charge in [-0.3, -0.25) is 19.4 Å². The van der Waals surface area contributed by atoms with E-state index in [1.165, 1.54) is 24.8 Å². The molecule has 0 saturated carbocycles. The fraction of sp³-hybridized carbons (Fsp3) is 0.586. The lowest BCUT2D eigenvalue weighted by Crippen LogP contribution is -2.52. The zero-order valence-electron chi connectivity index (χ0n) is 26.1. The van der Waals surface area contributed by atoms with Crippen molar-refractivity contribution in [3.05, 3.63) is 35.3 Å². The summed E-state index contributed by atoms with van der Waals surface area (Å²) in [4.78, 5) is 42.1. The third-order valence-corrected chi connectivity index (χ3v) is 7.85. The highest BCUT2D eigenvalue weighted by Crippen LogP contribution is 2.27.